The molecule has 2 aromatic carbocycles. The lowest BCUT2D eigenvalue weighted by Crippen LogP contribution is -2.56. The van der Waals surface area contributed by atoms with E-state index in [2.05, 4.69) is 10.6 Å². The smallest absolute Gasteiger partial charge is 0.323 e. The number of amides is 4. The number of benzene rings is 2. The summed E-state index contributed by atoms with van der Waals surface area (Å²) in [6.45, 7) is 2.49. The van der Waals surface area contributed by atoms with Gasteiger partial charge in [0.1, 0.15) is 0 Å². The number of nitrogens with one attached hydrogen (secondary N) is 2. The van der Waals surface area contributed by atoms with Gasteiger partial charge in [-0.2, -0.15) is 0 Å². The molecule has 8 nitrogen and oxygen atoms in total. The number of carbonyl (C=O) groups is 3. The van der Waals surface area contributed by atoms with Gasteiger partial charge in [-0.15, -0.1) is 0 Å². The standard InChI is InChI=1S/C25H31N5O3/c1-17-6-5-9-21(16-17)28-25(33)30-15-14-29(24(32)18-7-3-2-4-8-18)23(30)22(31)27-20-12-10-19(26)11-13-20/h2-9,16,19-20,23H,10-15,26H2,1H3,(H,27,31)(H,28,33). The SMILES string of the molecule is Cc1cccc(NC(=O)N2CCN(C(=O)c3ccccc3)C2C(=O)NC2CCC(N)CC2)c1. The van der Waals surface area contributed by atoms with Gasteiger partial charge in [-0.3, -0.25) is 14.5 Å². The number of rotatable bonds is 4. The predicted octanol–water partition coefficient (Wildman–Crippen LogP) is 2.70. The van der Waals surface area contributed by atoms with E-state index in [1.54, 1.807) is 30.3 Å². The molecular formula is C25H31N5O3. The minimum absolute atomic E-state index is 0.00624. The Bertz CT molecular complexity index is 1000. The van der Waals surface area contributed by atoms with E-state index < -0.39 is 12.2 Å². The number of carbonyl (C=O) groups excluding carboxylic acids is 3. The minimum atomic E-state index is -1.02. The Morgan fingerprint density at radius 1 is 0.909 bits per heavy atom. The molecule has 33 heavy (non-hydrogen) atoms. The summed E-state index contributed by atoms with van der Waals surface area (Å²) in [4.78, 5) is 42.7. The Morgan fingerprint density at radius 2 is 1.61 bits per heavy atom. The van der Waals surface area contributed by atoms with E-state index >= 15 is 0 Å². The number of anilines is 1. The first-order valence-electron chi connectivity index (χ1n) is 11.5. The normalized spacial score (nSPS) is 22.7. The summed E-state index contributed by atoms with van der Waals surface area (Å²) < 4.78 is 0. The molecule has 4 N–H and O–H groups in total. The van der Waals surface area contributed by atoms with Gasteiger partial charge in [0.05, 0.1) is 0 Å². The Labute approximate surface area is 194 Å². The lowest BCUT2D eigenvalue weighted by Gasteiger charge is -2.32. The van der Waals surface area contributed by atoms with Gasteiger partial charge in [0, 0.05) is 36.4 Å². The van der Waals surface area contributed by atoms with Crippen molar-refractivity contribution >= 4 is 23.5 Å². The van der Waals surface area contributed by atoms with Gasteiger partial charge in [-0.25, -0.2) is 4.79 Å². The highest BCUT2D eigenvalue weighted by atomic mass is 16.2. The molecular weight excluding hydrogens is 418 g/mol. The highest BCUT2D eigenvalue weighted by Gasteiger charge is 2.43. The Kier molecular flexibility index (Phi) is 6.93. The fourth-order valence-corrected chi connectivity index (χ4v) is 4.54. The highest BCUT2D eigenvalue weighted by molar-refractivity contribution is 6.00. The van der Waals surface area contributed by atoms with Crippen molar-refractivity contribution in [2.24, 2.45) is 5.73 Å². The van der Waals surface area contributed by atoms with Crippen molar-refractivity contribution in [3.05, 3.63) is 65.7 Å². The number of nitrogens with zero attached hydrogens (tertiary/aromatic N) is 2. The van der Waals surface area contributed by atoms with Crippen molar-refractivity contribution in [3.63, 3.8) is 0 Å². The highest BCUT2D eigenvalue weighted by Crippen LogP contribution is 2.22. The summed E-state index contributed by atoms with van der Waals surface area (Å²) in [7, 11) is 0. The average molecular weight is 450 g/mol. The first-order valence-corrected chi connectivity index (χ1v) is 11.5. The molecule has 0 spiro atoms. The summed E-state index contributed by atoms with van der Waals surface area (Å²) >= 11 is 0. The monoisotopic (exact) mass is 449 g/mol. The van der Waals surface area contributed by atoms with Crippen LogP contribution in [0.1, 0.15) is 41.6 Å². The molecule has 0 aromatic heterocycles. The molecule has 1 saturated heterocycles. The molecule has 1 aliphatic heterocycles. The molecule has 1 unspecified atom stereocenters. The number of urea groups is 1. The second kappa shape index (κ2) is 10.0. The van der Waals surface area contributed by atoms with Crippen molar-refractivity contribution in [1.29, 1.82) is 0 Å². The molecule has 0 bridgehead atoms. The van der Waals surface area contributed by atoms with Crippen LogP contribution in [-0.2, 0) is 4.79 Å². The molecule has 1 atom stereocenters. The van der Waals surface area contributed by atoms with Crippen molar-refractivity contribution < 1.29 is 14.4 Å². The summed E-state index contributed by atoms with van der Waals surface area (Å²) in [5.41, 5.74) is 8.14. The maximum Gasteiger partial charge on any atom is 0.323 e. The maximum atomic E-state index is 13.4. The summed E-state index contributed by atoms with van der Waals surface area (Å²) in [5, 5.41) is 5.94. The Hall–Kier alpha value is -3.39. The Balaban J connectivity index is 1.54. The fourth-order valence-electron chi connectivity index (χ4n) is 4.54. The van der Waals surface area contributed by atoms with Gasteiger partial charge in [0.2, 0.25) is 0 Å². The van der Waals surface area contributed by atoms with Crippen LogP contribution in [0.15, 0.2) is 54.6 Å². The van der Waals surface area contributed by atoms with E-state index in [9.17, 15) is 14.4 Å². The van der Waals surface area contributed by atoms with E-state index in [4.69, 9.17) is 5.73 Å². The van der Waals surface area contributed by atoms with Gasteiger partial charge in [0.15, 0.2) is 6.17 Å². The van der Waals surface area contributed by atoms with Gasteiger partial charge in [-0.1, -0.05) is 30.3 Å². The maximum absolute atomic E-state index is 13.4. The molecule has 1 heterocycles. The van der Waals surface area contributed by atoms with Crippen molar-refractivity contribution in [2.45, 2.75) is 50.9 Å². The quantitative estimate of drug-likeness (QED) is 0.667. The first kappa shape index (κ1) is 22.8. The molecule has 2 fully saturated rings. The van der Waals surface area contributed by atoms with E-state index in [0.717, 1.165) is 31.2 Å². The molecule has 0 radical (unpaired) electrons. The van der Waals surface area contributed by atoms with Gasteiger partial charge < -0.3 is 21.3 Å². The Morgan fingerprint density at radius 3 is 2.30 bits per heavy atom. The first-order chi connectivity index (χ1) is 15.9. The van der Waals surface area contributed by atoms with E-state index in [-0.39, 0.29) is 37.0 Å². The van der Waals surface area contributed by atoms with Gasteiger partial charge in [0.25, 0.3) is 11.8 Å². The summed E-state index contributed by atoms with van der Waals surface area (Å²) in [6.07, 6.45) is 2.27. The van der Waals surface area contributed by atoms with Crippen LogP contribution in [0.2, 0.25) is 0 Å². The average Bonchev–Trinajstić information content (AvgIpc) is 3.26. The molecule has 4 rings (SSSR count). The third kappa shape index (κ3) is 5.34. The van der Waals surface area contributed by atoms with Crippen LogP contribution < -0.4 is 16.4 Å². The van der Waals surface area contributed by atoms with Crippen LogP contribution in [-0.4, -0.2) is 59.0 Å². The van der Waals surface area contributed by atoms with Crippen molar-refractivity contribution in [1.82, 2.24) is 15.1 Å². The zero-order chi connectivity index (χ0) is 23.4. The molecule has 1 saturated carbocycles. The number of hydrogen-bond acceptors (Lipinski definition) is 4. The molecule has 2 aliphatic rings. The summed E-state index contributed by atoms with van der Waals surface area (Å²) in [6, 6.07) is 16.1. The number of hydrogen-bond donors (Lipinski definition) is 3. The molecule has 2 aromatic rings. The zero-order valence-electron chi connectivity index (χ0n) is 18.9. The lowest BCUT2D eigenvalue weighted by molar-refractivity contribution is -0.128. The van der Waals surface area contributed by atoms with Crippen LogP contribution in [0, 0.1) is 6.92 Å². The number of nitrogens with two attached hydrogens (primary N) is 1. The van der Waals surface area contributed by atoms with E-state index in [1.807, 2.05) is 31.2 Å². The topological polar surface area (TPSA) is 108 Å². The lowest BCUT2D eigenvalue weighted by atomic mass is 9.92. The summed E-state index contributed by atoms with van der Waals surface area (Å²) in [5.74, 6) is -0.607. The third-order valence-electron chi connectivity index (χ3n) is 6.34. The van der Waals surface area contributed by atoms with Gasteiger partial charge in [-0.05, 0) is 62.4 Å². The van der Waals surface area contributed by atoms with E-state index in [0.29, 0.717) is 11.3 Å². The van der Waals surface area contributed by atoms with Crippen LogP contribution in [0.3, 0.4) is 0 Å². The van der Waals surface area contributed by atoms with Crippen molar-refractivity contribution in [3.8, 4) is 0 Å². The molecule has 4 amide bonds. The molecule has 8 heteroatoms. The molecule has 174 valence electrons. The second-order valence-corrected chi connectivity index (χ2v) is 8.85. The van der Waals surface area contributed by atoms with Crippen LogP contribution >= 0.6 is 0 Å². The third-order valence-corrected chi connectivity index (χ3v) is 6.34. The fraction of sp³-hybridized carbons (Fsp3) is 0.400. The molecule has 1 aliphatic carbocycles. The van der Waals surface area contributed by atoms with Crippen LogP contribution in [0.5, 0.6) is 0 Å². The minimum Gasteiger partial charge on any atom is -0.350 e. The van der Waals surface area contributed by atoms with E-state index in [1.165, 1.54) is 9.80 Å². The van der Waals surface area contributed by atoms with Crippen LogP contribution in [0.4, 0.5) is 10.5 Å². The number of aryl methyl sites for hydroxylation is 1. The zero-order valence-corrected chi connectivity index (χ0v) is 18.9. The largest absolute Gasteiger partial charge is 0.350 e. The second-order valence-electron chi connectivity index (χ2n) is 8.85. The van der Waals surface area contributed by atoms with Crippen LogP contribution in [0.25, 0.3) is 0 Å². The van der Waals surface area contributed by atoms with Gasteiger partial charge >= 0.3 is 6.03 Å². The predicted molar refractivity (Wildman–Crippen MR) is 127 cm³/mol. The van der Waals surface area contributed by atoms with Crippen molar-refractivity contribution in [2.75, 3.05) is 18.4 Å².